The summed E-state index contributed by atoms with van der Waals surface area (Å²) in [5.41, 5.74) is 9.03. The van der Waals surface area contributed by atoms with Crippen LogP contribution in [-0.4, -0.2) is 35.3 Å². The highest BCUT2D eigenvalue weighted by atomic mass is 16.2. The molecule has 1 amide bonds. The predicted octanol–water partition coefficient (Wildman–Crippen LogP) is 3.43. The first-order valence-electron chi connectivity index (χ1n) is 12.5. The molecule has 4 N–H and O–H groups in total. The summed E-state index contributed by atoms with van der Waals surface area (Å²) >= 11 is 0. The molecule has 5 aromatic rings. The number of fused-ring (bicyclic) bond motifs is 2. The van der Waals surface area contributed by atoms with Crippen LogP contribution in [0.4, 0.5) is 5.82 Å². The Labute approximate surface area is 222 Å². The average Bonchev–Trinajstić information content (AvgIpc) is 3.59. The number of rotatable bonds is 4. The van der Waals surface area contributed by atoms with Gasteiger partial charge < -0.3 is 11.1 Å². The minimum absolute atomic E-state index is 0.0766. The number of benzene rings is 1. The van der Waals surface area contributed by atoms with Gasteiger partial charge in [-0.25, -0.2) is 9.50 Å². The molecule has 4 heterocycles. The molecule has 0 spiro atoms. The van der Waals surface area contributed by atoms with Crippen molar-refractivity contribution in [2.45, 2.75) is 25.8 Å². The van der Waals surface area contributed by atoms with Crippen molar-refractivity contribution in [3.8, 4) is 11.8 Å². The van der Waals surface area contributed by atoms with Crippen LogP contribution in [0.3, 0.4) is 0 Å². The Hall–Kier alpha value is -5.43. The lowest BCUT2D eigenvalue weighted by molar-refractivity contribution is 0.0941. The summed E-state index contributed by atoms with van der Waals surface area (Å²) in [5.74, 6) is 5.79. The van der Waals surface area contributed by atoms with Crippen molar-refractivity contribution in [3.63, 3.8) is 0 Å². The number of nitrogens with zero attached hydrogens (tertiary/aromatic N) is 5. The fourth-order valence-corrected chi connectivity index (χ4v) is 4.76. The van der Waals surface area contributed by atoms with Crippen LogP contribution in [0, 0.1) is 11.8 Å². The standard InChI is InChI=1S/C29H24N8O2/c1-18(33-28(38)25-26(30)35-36-16-6-14-31-27(25)36)23-17-20-8-5-7-19(11-12-21-13-15-32-34-21)24(20)29(39)37(23)22-9-3-2-4-10-22/h3,5-10,13-18H,2,4H2,1H3,(H2,30,35)(H,32,34)(H,33,38)/t18-/m0/s1. The van der Waals surface area contributed by atoms with E-state index in [4.69, 9.17) is 5.73 Å². The first-order chi connectivity index (χ1) is 19.0. The van der Waals surface area contributed by atoms with Gasteiger partial charge in [0, 0.05) is 35.5 Å². The van der Waals surface area contributed by atoms with Gasteiger partial charge in [-0.15, -0.1) is 5.10 Å². The Morgan fingerprint density at radius 1 is 1.18 bits per heavy atom. The SMILES string of the molecule is C[C@H](NC(=O)c1c(N)nn2cccnc12)c1cc2cccc(C#Cc3ccn[nH]3)c2c(=O)n1C1=CCCC=C1. The Kier molecular flexibility index (Phi) is 6.01. The Bertz CT molecular complexity index is 1920. The molecule has 0 bridgehead atoms. The molecule has 10 heteroatoms. The molecule has 0 fully saturated rings. The van der Waals surface area contributed by atoms with Crippen LogP contribution < -0.4 is 16.6 Å². The van der Waals surface area contributed by atoms with Gasteiger partial charge in [-0.2, -0.15) is 5.10 Å². The number of aromatic nitrogens is 6. The number of aromatic amines is 1. The van der Waals surface area contributed by atoms with Crippen LogP contribution in [-0.2, 0) is 0 Å². The van der Waals surface area contributed by atoms with Crippen molar-refractivity contribution in [2.24, 2.45) is 0 Å². The van der Waals surface area contributed by atoms with Crippen LogP contribution in [0.25, 0.3) is 22.1 Å². The van der Waals surface area contributed by atoms with Gasteiger partial charge in [-0.1, -0.05) is 30.2 Å². The Morgan fingerprint density at radius 3 is 2.87 bits per heavy atom. The van der Waals surface area contributed by atoms with Crippen molar-refractivity contribution in [2.75, 3.05) is 5.73 Å². The zero-order chi connectivity index (χ0) is 26.9. The van der Waals surface area contributed by atoms with Crippen molar-refractivity contribution >= 4 is 33.8 Å². The molecule has 0 unspecified atom stereocenters. The molecule has 39 heavy (non-hydrogen) atoms. The molecule has 192 valence electrons. The van der Waals surface area contributed by atoms with Gasteiger partial charge in [0.1, 0.15) is 11.3 Å². The fraction of sp³-hybridized carbons (Fsp3) is 0.138. The van der Waals surface area contributed by atoms with Gasteiger partial charge in [-0.05, 0) is 61.4 Å². The largest absolute Gasteiger partial charge is 0.381 e. The summed E-state index contributed by atoms with van der Waals surface area (Å²) in [6.07, 6.45) is 12.6. The Balaban J connectivity index is 1.47. The number of allylic oxidation sites excluding steroid dienone is 4. The monoisotopic (exact) mass is 516 g/mol. The van der Waals surface area contributed by atoms with E-state index in [2.05, 4.69) is 37.4 Å². The minimum atomic E-state index is -0.552. The third-order valence-electron chi connectivity index (χ3n) is 6.58. The fourth-order valence-electron chi connectivity index (χ4n) is 4.76. The topological polar surface area (TPSA) is 136 Å². The highest BCUT2D eigenvalue weighted by Crippen LogP contribution is 2.26. The van der Waals surface area contributed by atoms with E-state index in [0.29, 0.717) is 28.0 Å². The number of anilines is 1. The third-order valence-corrected chi connectivity index (χ3v) is 6.58. The molecular weight excluding hydrogens is 492 g/mol. The van der Waals surface area contributed by atoms with Gasteiger partial charge in [0.25, 0.3) is 11.5 Å². The highest BCUT2D eigenvalue weighted by molar-refractivity contribution is 6.04. The molecule has 1 aliphatic rings. The molecular formula is C29H24N8O2. The number of H-pyrrole nitrogens is 1. The maximum Gasteiger partial charge on any atom is 0.264 e. The van der Waals surface area contributed by atoms with E-state index in [1.54, 1.807) is 35.3 Å². The molecule has 6 rings (SSSR count). The van der Waals surface area contributed by atoms with Gasteiger partial charge >= 0.3 is 0 Å². The number of nitrogen functional groups attached to an aromatic ring is 1. The first kappa shape index (κ1) is 23.9. The van der Waals surface area contributed by atoms with Gasteiger partial charge in [-0.3, -0.25) is 19.3 Å². The quantitative estimate of drug-likeness (QED) is 0.313. The molecule has 10 nitrogen and oxygen atoms in total. The van der Waals surface area contributed by atoms with E-state index in [9.17, 15) is 9.59 Å². The summed E-state index contributed by atoms with van der Waals surface area (Å²) in [7, 11) is 0. The third kappa shape index (κ3) is 4.36. The lowest BCUT2D eigenvalue weighted by Crippen LogP contribution is -2.33. The van der Waals surface area contributed by atoms with Gasteiger partial charge in [0.15, 0.2) is 11.5 Å². The molecule has 0 saturated carbocycles. The second-order valence-corrected chi connectivity index (χ2v) is 9.15. The second-order valence-electron chi connectivity index (χ2n) is 9.15. The van der Waals surface area contributed by atoms with E-state index < -0.39 is 11.9 Å². The summed E-state index contributed by atoms with van der Waals surface area (Å²) in [6, 6.07) is 10.4. The number of carbonyl (C=O) groups is 1. The van der Waals surface area contributed by atoms with Gasteiger partial charge in [0.05, 0.1) is 11.4 Å². The van der Waals surface area contributed by atoms with Gasteiger partial charge in [0.2, 0.25) is 0 Å². The molecule has 1 aromatic carbocycles. The number of hydrogen-bond acceptors (Lipinski definition) is 6. The smallest absolute Gasteiger partial charge is 0.264 e. The van der Waals surface area contributed by atoms with E-state index in [1.807, 2.05) is 49.4 Å². The van der Waals surface area contributed by atoms with Crippen molar-refractivity contribution in [1.29, 1.82) is 0 Å². The lowest BCUT2D eigenvalue weighted by atomic mass is 10.0. The number of hydrogen-bond donors (Lipinski definition) is 3. The number of carbonyl (C=O) groups excluding carboxylic acids is 1. The second kappa shape index (κ2) is 9.79. The highest BCUT2D eigenvalue weighted by Gasteiger charge is 2.24. The number of nitrogens with two attached hydrogens (primary N) is 1. The molecule has 1 atom stereocenters. The van der Waals surface area contributed by atoms with Crippen LogP contribution in [0.15, 0.2) is 78.0 Å². The van der Waals surface area contributed by atoms with E-state index in [0.717, 1.165) is 23.9 Å². The molecule has 1 aliphatic carbocycles. The maximum absolute atomic E-state index is 14.1. The molecule has 0 saturated heterocycles. The normalized spacial score (nSPS) is 13.6. The molecule has 0 aliphatic heterocycles. The molecule has 4 aromatic heterocycles. The lowest BCUT2D eigenvalue weighted by Gasteiger charge is -2.22. The van der Waals surface area contributed by atoms with Crippen molar-refractivity contribution < 1.29 is 4.79 Å². The number of nitrogens with one attached hydrogen (secondary N) is 2. The summed E-state index contributed by atoms with van der Waals surface area (Å²) < 4.78 is 3.12. The first-order valence-corrected chi connectivity index (χ1v) is 12.5. The zero-order valence-corrected chi connectivity index (χ0v) is 21.0. The predicted molar refractivity (Wildman–Crippen MR) is 149 cm³/mol. The van der Waals surface area contributed by atoms with E-state index in [-0.39, 0.29) is 16.9 Å². The number of pyridine rings is 1. The maximum atomic E-state index is 14.1. The van der Waals surface area contributed by atoms with E-state index in [1.165, 1.54) is 4.52 Å². The summed E-state index contributed by atoms with van der Waals surface area (Å²) in [4.78, 5) is 31.8. The van der Waals surface area contributed by atoms with Crippen molar-refractivity contribution in [1.82, 2.24) is 34.7 Å². The van der Waals surface area contributed by atoms with E-state index >= 15 is 0 Å². The van der Waals surface area contributed by atoms with Crippen molar-refractivity contribution in [3.05, 3.63) is 106 Å². The van der Waals surface area contributed by atoms with Crippen LogP contribution in [0.2, 0.25) is 0 Å². The zero-order valence-electron chi connectivity index (χ0n) is 21.0. The number of amides is 1. The summed E-state index contributed by atoms with van der Waals surface area (Å²) in [6.45, 7) is 1.83. The molecule has 0 radical (unpaired) electrons. The van der Waals surface area contributed by atoms with Crippen LogP contribution in [0.1, 0.15) is 53.1 Å². The minimum Gasteiger partial charge on any atom is -0.381 e. The Morgan fingerprint density at radius 2 is 2.08 bits per heavy atom. The van der Waals surface area contributed by atoms with Crippen LogP contribution in [0.5, 0.6) is 0 Å². The average molecular weight is 517 g/mol. The summed E-state index contributed by atoms with van der Waals surface area (Å²) in [5, 5.41) is 15.2. The van der Waals surface area contributed by atoms with Crippen LogP contribution >= 0.6 is 0 Å².